The quantitative estimate of drug-likeness (QED) is 0.671. The summed E-state index contributed by atoms with van der Waals surface area (Å²) in [6.45, 7) is 4.32. The predicted octanol–water partition coefficient (Wildman–Crippen LogP) is 5.48. The molecule has 0 saturated carbocycles. The molecule has 2 aromatic rings. The zero-order chi connectivity index (χ0) is 15.4. The lowest BCUT2D eigenvalue weighted by atomic mass is 10.1. The third-order valence-electron chi connectivity index (χ3n) is 2.68. The first-order valence-corrected chi connectivity index (χ1v) is 8.44. The number of hydrogen-bond acceptors (Lipinski definition) is 3. The first kappa shape index (κ1) is 16.5. The Balaban J connectivity index is 2.23. The lowest BCUT2D eigenvalue weighted by Gasteiger charge is -2.09. The SMILES string of the molecule is CC(C)CSCc1nc(Cl)c(-c2ccc(F)cc2)c(Cl)n1. The van der Waals surface area contributed by atoms with Crippen molar-refractivity contribution in [2.75, 3.05) is 5.75 Å². The van der Waals surface area contributed by atoms with Gasteiger partial charge in [0.1, 0.15) is 21.9 Å². The Kier molecular flexibility index (Phi) is 5.85. The predicted molar refractivity (Wildman–Crippen MR) is 88.4 cm³/mol. The van der Waals surface area contributed by atoms with Crippen LogP contribution in [0.2, 0.25) is 10.3 Å². The van der Waals surface area contributed by atoms with Crippen molar-refractivity contribution in [3.8, 4) is 11.1 Å². The summed E-state index contributed by atoms with van der Waals surface area (Å²) < 4.78 is 13.0. The number of benzene rings is 1. The van der Waals surface area contributed by atoms with Gasteiger partial charge in [-0.25, -0.2) is 14.4 Å². The number of hydrogen-bond donors (Lipinski definition) is 0. The van der Waals surface area contributed by atoms with Crippen LogP contribution in [-0.4, -0.2) is 15.7 Å². The molecule has 2 rings (SSSR count). The minimum absolute atomic E-state index is 0.293. The van der Waals surface area contributed by atoms with Crippen molar-refractivity contribution in [1.29, 1.82) is 0 Å². The third kappa shape index (κ3) is 4.56. The molecule has 1 heterocycles. The molecule has 0 aliphatic carbocycles. The summed E-state index contributed by atoms with van der Waals surface area (Å²) in [6.07, 6.45) is 0. The lowest BCUT2D eigenvalue weighted by molar-refractivity contribution is 0.628. The molecule has 0 amide bonds. The van der Waals surface area contributed by atoms with E-state index < -0.39 is 0 Å². The highest BCUT2D eigenvalue weighted by Crippen LogP contribution is 2.33. The molecule has 0 atom stereocenters. The van der Waals surface area contributed by atoms with Gasteiger partial charge in [0.15, 0.2) is 0 Å². The van der Waals surface area contributed by atoms with Gasteiger partial charge in [-0.2, -0.15) is 11.8 Å². The van der Waals surface area contributed by atoms with Crippen molar-refractivity contribution in [3.05, 3.63) is 46.2 Å². The number of thioether (sulfide) groups is 1. The normalized spacial score (nSPS) is 11.1. The number of aromatic nitrogens is 2. The molecule has 21 heavy (non-hydrogen) atoms. The highest BCUT2D eigenvalue weighted by atomic mass is 35.5. The van der Waals surface area contributed by atoms with E-state index in [0.717, 1.165) is 5.75 Å². The van der Waals surface area contributed by atoms with Gasteiger partial charge >= 0.3 is 0 Å². The summed E-state index contributed by atoms with van der Waals surface area (Å²) in [5, 5.41) is 0.587. The molecule has 0 bridgehead atoms. The van der Waals surface area contributed by atoms with E-state index in [2.05, 4.69) is 23.8 Å². The van der Waals surface area contributed by atoms with E-state index in [-0.39, 0.29) is 5.82 Å². The van der Waals surface area contributed by atoms with E-state index in [9.17, 15) is 4.39 Å². The zero-order valence-corrected chi connectivity index (χ0v) is 14.1. The average molecular weight is 345 g/mol. The first-order valence-electron chi connectivity index (χ1n) is 6.53. The third-order valence-corrected chi connectivity index (χ3v) is 4.59. The number of rotatable bonds is 5. The van der Waals surface area contributed by atoms with Gasteiger partial charge < -0.3 is 0 Å². The van der Waals surface area contributed by atoms with Crippen LogP contribution in [0.4, 0.5) is 4.39 Å². The molecule has 0 aliphatic rings. The van der Waals surface area contributed by atoms with Crippen LogP contribution in [0.25, 0.3) is 11.1 Å². The van der Waals surface area contributed by atoms with E-state index in [0.29, 0.717) is 38.9 Å². The smallest absolute Gasteiger partial charge is 0.142 e. The molecule has 0 spiro atoms. The second-order valence-electron chi connectivity index (χ2n) is 5.01. The molecule has 1 aromatic carbocycles. The Labute approximate surface area is 138 Å². The molecular weight excluding hydrogens is 330 g/mol. The van der Waals surface area contributed by atoms with E-state index in [4.69, 9.17) is 23.2 Å². The van der Waals surface area contributed by atoms with Crippen molar-refractivity contribution in [3.63, 3.8) is 0 Å². The Hall–Kier alpha value is -0.840. The maximum atomic E-state index is 13.0. The van der Waals surface area contributed by atoms with Gasteiger partial charge in [0.2, 0.25) is 0 Å². The fourth-order valence-corrected chi connectivity index (χ4v) is 3.30. The van der Waals surface area contributed by atoms with E-state index in [1.165, 1.54) is 12.1 Å². The van der Waals surface area contributed by atoms with Gasteiger partial charge in [-0.05, 0) is 29.4 Å². The van der Waals surface area contributed by atoms with Gasteiger partial charge in [0, 0.05) is 0 Å². The van der Waals surface area contributed by atoms with Gasteiger partial charge in [-0.3, -0.25) is 0 Å². The summed E-state index contributed by atoms with van der Waals surface area (Å²) in [5.74, 6) is 2.61. The molecule has 0 fully saturated rings. The summed E-state index contributed by atoms with van der Waals surface area (Å²) >= 11 is 14.2. The highest BCUT2D eigenvalue weighted by molar-refractivity contribution is 7.98. The van der Waals surface area contributed by atoms with Crippen LogP contribution in [0.5, 0.6) is 0 Å². The Morgan fingerprint density at radius 3 is 2.19 bits per heavy atom. The van der Waals surface area contributed by atoms with Crippen molar-refractivity contribution in [2.24, 2.45) is 5.92 Å². The molecule has 0 aliphatic heterocycles. The molecule has 112 valence electrons. The van der Waals surface area contributed by atoms with Gasteiger partial charge in [-0.1, -0.05) is 49.2 Å². The molecule has 0 unspecified atom stereocenters. The van der Waals surface area contributed by atoms with E-state index in [1.54, 1.807) is 23.9 Å². The first-order chi connectivity index (χ1) is 9.97. The Morgan fingerprint density at radius 2 is 1.67 bits per heavy atom. The number of halogens is 3. The van der Waals surface area contributed by atoms with Crippen LogP contribution < -0.4 is 0 Å². The number of nitrogens with zero attached hydrogens (tertiary/aromatic N) is 2. The van der Waals surface area contributed by atoms with Gasteiger partial charge in [-0.15, -0.1) is 0 Å². The van der Waals surface area contributed by atoms with Crippen LogP contribution in [0, 0.1) is 11.7 Å². The Bertz CT molecular complexity index is 595. The van der Waals surface area contributed by atoms with E-state index >= 15 is 0 Å². The van der Waals surface area contributed by atoms with Crippen LogP contribution >= 0.6 is 35.0 Å². The largest absolute Gasteiger partial charge is 0.220 e. The lowest BCUT2D eigenvalue weighted by Crippen LogP contribution is -1.99. The van der Waals surface area contributed by atoms with Crippen molar-refractivity contribution < 1.29 is 4.39 Å². The molecule has 0 radical (unpaired) electrons. The second-order valence-corrected chi connectivity index (χ2v) is 6.76. The van der Waals surface area contributed by atoms with Crippen LogP contribution in [0.3, 0.4) is 0 Å². The Morgan fingerprint density at radius 1 is 1.10 bits per heavy atom. The average Bonchev–Trinajstić information content (AvgIpc) is 2.40. The fraction of sp³-hybridized carbons (Fsp3) is 0.333. The van der Waals surface area contributed by atoms with E-state index in [1.807, 2.05) is 0 Å². The maximum absolute atomic E-state index is 13.0. The standard InChI is InChI=1S/C15H15Cl2FN2S/c1-9(2)7-21-8-12-19-14(16)13(15(17)20-12)10-3-5-11(18)6-4-10/h3-6,9H,7-8H2,1-2H3. The molecule has 1 aromatic heterocycles. The molecule has 6 heteroatoms. The molecule has 0 saturated heterocycles. The van der Waals surface area contributed by atoms with Crippen molar-refractivity contribution >= 4 is 35.0 Å². The monoisotopic (exact) mass is 344 g/mol. The molecule has 2 nitrogen and oxygen atoms in total. The summed E-state index contributed by atoms with van der Waals surface area (Å²) in [5.41, 5.74) is 1.24. The molecule has 0 N–H and O–H groups in total. The summed E-state index contributed by atoms with van der Waals surface area (Å²) in [4.78, 5) is 8.57. The summed E-state index contributed by atoms with van der Waals surface area (Å²) in [6, 6.07) is 5.93. The second kappa shape index (κ2) is 7.43. The molecular formula is C15H15Cl2FN2S. The highest BCUT2D eigenvalue weighted by Gasteiger charge is 2.14. The minimum Gasteiger partial charge on any atom is -0.220 e. The zero-order valence-electron chi connectivity index (χ0n) is 11.7. The van der Waals surface area contributed by atoms with Crippen LogP contribution in [0.15, 0.2) is 24.3 Å². The minimum atomic E-state index is -0.311. The fourth-order valence-electron chi connectivity index (χ4n) is 1.75. The van der Waals surface area contributed by atoms with Crippen molar-refractivity contribution in [2.45, 2.75) is 19.6 Å². The van der Waals surface area contributed by atoms with Crippen LogP contribution in [-0.2, 0) is 5.75 Å². The topological polar surface area (TPSA) is 25.8 Å². The maximum Gasteiger partial charge on any atom is 0.142 e. The van der Waals surface area contributed by atoms with Crippen molar-refractivity contribution in [1.82, 2.24) is 9.97 Å². The summed E-state index contributed by atoms with van der Waals surface area (Å²) in [7, 11) is 0. The van der Waals surface area contributed by atoms with Crippen LogP contribution in [0.1, 0.15) is 19.7 Å². The van der Waals surface area contributed by atoms with Gasteiger partial charge in [0.05, 0.1) is 11.3 Å². The van der Waals surface area contributed by atoms with Gasteiger partial charge in [0.25, 0.3) is 0 Å².